The second-order valence-electron chi connectivity index (χ2n) is 5.50. The Bertz CT molecular complexity index is 898. The van der Waals surface area contributed by atoms with Crippen LogP contribution >= 0.6 is 11.3 Å². The van der Waals surface area contributed by atoms with Crippen molar-refractivity contribution in [1.82, 2.24) is 4.98 Å². The van der Waals surface area contributed by atoms with E-state index in [-0.39, 0.29) is 5.91 Å². The van der Waals surface area contributed by atoms with Gasteiger partial charge in [0.05, 0.1) is 12.8 Å². The fourth-order valence-electron chi connectivity index (χ4n) is 2.25. The first-order valence-corrected chi connectivity index (χ1v) is 8.68. The number of nitrogens with one attached hydrogen (secondary N) is 1. The fourth-order valence-corrected chi connectivity index (χ4v) is 2.97. The molecular weight excluding hydrogens is 332 g/mol. The van der Waals surface area contributed by atoms with E-state index in [4.69, 9.17) is 4.74 Å². The first-order valence-electron chi connectivity index (χ1n) is 7.80. The third-order valence-electron chi connectivity index (χ3n) is 3.60. The Kier molecular flexibility index (Phi) is 5.26. The van der Waals surface area contributed by atoms with Gasteiger partial charge in [-0.1, -0.05) is 42.0 Å². The molecule has 5 heteroatoms. The van der Waals surface area contributed by atoms with Crippen molar-refractivity contribution in [2.75, 3.05) is 12.4 Å². The molecule has 0 radical (unpaired) electrons. The molecule has 3 rings (SSSR count). The number of aromatic nitrogens is 1. The van der Waals surface area contributed by atoms with Gasteiger partial charge in [0, 0.05) is 17.0 Å². The largest absolute Gasteiger partial charge is 0.497 e. The molecule has 126 valence electrons. The van der Waals surface area contributed by atoms with Gasteiger partial charge in [-0.25, -0.2) is 4.98 Å². The first-order chi connectivity index (χ1) is 12.1. The van der Waals surface area contributed by atoms with Gasteiger partial charge in [0.1, 0.15) is 5.75 Å². The predicted molar refractivity (Wildman–Crippen MR) is 103 cm³/mol. The van der Waals surface area contributed by atoms with Gasteiger partial charge in [-0.3, -0.25) is 10.1 Å². The standard InChI is InChI=1S/C20H18N2O2S/c1-14-6-9-16(10-7-14)18-13-25-20(21-18)22-19(23)11-8-15-4-3-5-17(12-15)24-2/h3-13H,1-2H3,(H,21,22,23)/b11-8+. The van der Waals surface area contributed by atoms with Crippen molar-refractivity contribution >= 4 is 28.5 Å². The summed E-state index contributed by atoms with van der Waals surface area (Å²) in [7, 11) is 1.61. The molecule has 0 fully saturated rings. The Morgan fingerprint density at radius 3 is 2.76 bits per heavy atom. The molecule has 1 N–H and O–H groups in total. The number of ether oxygens (including phenoxy) is 1. The zero-order valence-corrected chi connectivity index (χ0v) is 14.8. The highest BCUT2D eigenvalue weighted by molar-refractivity contribution is 7.14. The second kappa shape index (κ2) is 7.77. The maximum absolute atomic E-state index is 12.1. The first kappa shape index (κ1) is 16.9. The zero-order chi connectivity index (χ0) is 17.6. The number of amides is 1. The van der Waals surface area contributed by atoms with Crippen LogP contribution in [0.4, 0.5) is 5.13 Å². The molecular formula is C20H18N2O2S. The van der Waals surface area contributed by atoms with Gasteiger partial charge in [-0.05, 0) is 30.7 Å². The molecule has 1 amide bonds. The van der Waals surface area contributed by atoms with Gasteiger partial charge in [-0.2, -0.15) is 0 Å². The highest BCUT2D eigenvalue weighted by Gasteiger charge is 2.06. The molecule has 0 spiro atoms. The number of hydrogen-bond acceptors (Lipinski definition) is 4. The van der Waals surface area contributed by atoms with Crippen LogP contribution in [0.2, 0.25) is 0 Å². The van der Waals surface area contributed by atoms with Gasteiger partial charge in [-0.15, -0.1) is 11.3 Å². The van der Waals surface area contributed by atoms with Crippen LogP contribution in [0.5, 0.6) is 5.75 Å². The van der Waals surface area contributed by atoms with Crippen molar-refractivity contribution in [3.05, 3.63) is 71.1 Å². The molecule has 0 aliphatic heterocycles. The van der Waals surface area contributed by atoms with E-state index < -0.39 is 0 Å². The lowest BCUT2D eigenvalue weighted by atomic mass is 10.1. The SMILES string of the molecule is COc1cccc(/C=C/C(=O)Nc2nc(-c3ccc(C)cc3)cs2)c1. The highest BCUT2D eigenvalue weighted by atomic mass is 32.1. The summed E-state index contributed by atoms with van der Waals surface area (Å²) in [4.78, 5) is 16.5. The topological polar surface area (TPSA) is 51.2 Å². The maximum Gasteiger partial charge on any atom is 0.250 e. The van der Waals surface area contributed by atoms with Crippen LogP contribution in [-0.4, -0.2) is 18.0 Å². The average Bonchev–Trinajstić information content (AvgIpc) is 3.09. The molecule has 0 aliphatic carbocycles. The maximum atomic E-state index is 12.1. The molecule has 0 atom stereocenters. The molecule has 1 heterocycles. The lowest BCUT2D eigenvalue weighted by Crippen LogP contribution is -2.07. The van der Waals surface area contributed by atoms with E-state index in [1.807, 2.05) is 60.8 Å². The number of thiazole rings is 1. The molecule has 3 aromatic rings. The van der Waals surface area contributed by atoms with E-state index in [1.165, 1.54) is 23.0 Å². The Morgan fingerprint density at radius 2 is 2.00 bits per heavy atom. The van der Waals surface area contributed by atoms with Gasteiger partial charge in [0.15, 0.2) is 5.13 Å². The van der Waals surface area contributed by atoms with Gasteiger partial charge in [0.25, 0.3) is 0 Å². The molecule has 0 unspecified atom stereocenters. The van der Waals surface area contributed by atoms with Crippen molar-refractivity contribution in [2.24, 2.45) is 0 Å². The highest BCUT2D eigenvalue weighted by Crippen LogP contribution is 2.25. The lowest BCUT2D eigenvalue weighted by molar-refractivity contribution is -0.111. The Morgan fingerprint density at radius 1 is 1.20 bits per heavy atom. The number of anilines is 1. The number of benzene rings is 2. The molecule has 25 heavy (non-hydrogen) atoms. The quantitative estimate of drug-likeness (QED) is 0.674. The monoisotopic (exact) mass is 350 g/mol. The van der Waals surface area contributed by atoms with Crippen LogP contribution < -0.4 is 10.1 Å². The second-order valence-corrected chi connectivity index (χ2v) is 6.36. The molecule has 4 nitrogen and oxygen atoms in total. The summed E-state index contributed by atoms with van der Waals surface area (Å²) in [6.45, 7) is 2.05. The lowest BCUT2D eigenvalue weighted by Gasteiger charge is -2.00. The molecule has 0 aliphatic rings. The number of methoxy groups -OCH3 is 1. The predicted octanol–water partition coefficient (Wildman–Crippen LogP) is 4.78. The summed E-state index contributed by atoms with van der Waals surface area (Å²) in [5.74, 6) is 0.540. The minimum atomic E-state index is -0.215. The summed E-state index contributed by atoms with van der Waals surface area (Å²) in [5, 5.41) is 5.31. The number of rotatable bonds is 5. The Balaban J connectivity index is 1.65. The van der Waals surface area contributed by atoms with Crippen LogP contribution in [0.1, 0.15) is 11.1 Å². The van der Waals surface area contributed by atoms with Crippen LogP contribution in [0, 0.1) is 6.92 Å². The van der Waals surface area contributed by atoms with Crippen molar-refractivity contribution in [3.63, 3.8) is 0 Å². The van der Waals surface area contributed by atoms with Gasteiger partial charge >= 0.3 is 0 Å². The molecule has 0 bridgehead atoms. The number of carbonyl (C=O) groups is 1. The molecule has 1 aromatic heterocycles. The summed E-state index contributed by atoms with van der Waals surface area (Å²) in [6.07, 6.45) is 3.23. The third kappa shape index (κ3) is 4.55. The average molecular weight is 350 g/mol. The van der Waals surface area contributed by atoms with Crippen LogP contribution in [0.25, 0.3) is 17.3 Å². The van der Waals surface area contributed by atoms with Gasteiger partial charge < -0.3 is 4.74 Å². The van der Waals surface area contributed by atoms with Crippen molar-refractivity contribution in [1.29, 1.82) is 0 Å². The number of hydrogen-bond donors (Lipinski definition) is 1. The number of nitrogens with zero attached hydrogens (tertiary/aromatic N) is 1. The third-order valence-corrected chi connectivity index (χ3v) is 4.36. The smallest absolute Gasteiger partial charge is 0.250 e. The number of aryl methyl sites for hydroxylation is 1. The minimum absolute atomic E-state index is 0.215. The van der Waals surface area contributed by atoms with E-state index in [0.29, 0.717) is 5.13 Å². The summed E-state index contributed by atoms with van der Waals surface area (Å²) in [5.41, 5.74) is 4.00. The summed E-state index contributed by atoms with van der Waals surface area (Å²) < 4.78 is 5.17. The Hall–Kier alpha value is -2.92. The van der Waals surface area contributed by atoms with Crippen LogP contribution in [-0.2, 0) is 4.79 Å². The van der Waals surface area contributed by atoms with E-state index in [0.717, 1.165) is 22.6 Å². The fraction of sp³-hybridized carbons (Fsp3) is 0.100. The molecule has 0 saturated carbocycles. The zero-order valence-electron chi connectivity index (χ0n) is 14.0. The minimum Gasteiger partial charge on any atom is -0.497 e. The Labute approximate surface area is 150 Å². The summed E-state index contributed by atoms with van der Waals surface area (Å²) >= 11 is 1.41. The number of carbonyl (C=O) groups excluding carboxylic acids is 1. The summed E-state index contributed by atoms with van der Waals surface area (Å²) in [6, 6.07) is 15.7. The molecule has 2 aromatic carbocycles. The van der Waals surface area contributed by atoms with E-state index >= 15 is 0 Å². The van der Waals surface area contributed by atoms with Crippen molar-refractivity contribution in [3.8, 4) is 17.0 Å². The molecule has 0 saturated heterocycles. The van der Waals surface area contributed by atoms with Crippen molar-refractivity contribution in [2.45, 2.75) is 6.92 Å². The van der Waals surface area contributed by atoms with Crippen LogP contribution in [0.3, 0.4) is 0 Å². The van der Waals surface area contributed by atoms with E-state index in [1.54, 1.807) is 13.2 Å². The van der Waals surface area contributed by atoms with E-state index in [2.05, 4.69) is 10.3 Å². The van der Waals surface area contributed by atoms with Crippen LogP contribution in [0.15, 0.2) is 60.0 Å². The normalized spacial score (nSPS) is 10.8. The van der Waals surface area contributed by atoms with Gasteiger partial charge in [0.2, 0.25) is 5.91 Å². The van der Waals surface area contributed by atoms with Crippen molar-refractivity contribution < 1.29 is 9.53 Å². The van der Waals surface area contributed by atoms with E-state index in [9.17, 15) is 4.79 Å².